The van der Waals surface area contributed by atoms with E-state index in [4.69, 9.17) is 11.6 Å². The van der Waals surface area contributed by atoms with Gasteiger partial charge in [-0.25, -0.2) is 4.68 Å². The number of benzene rings is 1. The Morgan fingerprint density at radius 3 is 2.71 bits per heavy atom. The van der Waals surface area contributed by atoms with Crippen LogP contribution in [-0.2, 0) is 0 Å². The smallest absolute Gasteiger partial charge is 0.181 e. The van der Waals surface area contributed by atoms with Crippen molar-refractivity contribution in [3.8, 4) is 5.69 Å². The minimum Gasteiger partial charge on any atom is -0.293 e. The van der Waals surface area contributed by atoms with Crippen molar-refractivity contribution in [3.05, 3.63) is 39.1 Å². The number of Topliss-reactive ketones (excluding diaryl/α,β-unsaturated/α-hetero) is 1. The summed E-state index contributed by atoms with van der Waals surface area (Å²) in [5.41, 5.74) is 1.89. The zero-order chi connectivity index (χ0) is 12.6. The Morgan fingerprint density at radius 1 is 1.47 bits per heavy atom. The van der Waals surface area contributed by atoms with Crippen molar-refractivity contribution in [3.63, 3.8) is 0 Å². The lowest BCUT2D eigenvalue weighted by Crippen LogP contribution is -2.01. The summed E-state index contributed by atoms with van der Waals surface area (Å²) in [6.45, 7) is 3.27. The van der Waals surface area contributed by atoms with Crippen LogP contribution in [0.4, 0.5) is 0 Å². The minimum absolute atomic E-state index is 0.0983. The third-order valence-corrected chi connectivity index (χ3v) is 3.24. The number of nitrogens with zero attached hydrogens (tertiary/aromatic N) is 3. The van der Waals surface area contributed by atoms with E-state index >= 15 is 0 Å². The number of carbonyl (C=O) groups excluding carboxylic acids is 1. The van der Waals surface area contributed by atoms with Gasteiger partial charge in [0.25, 0.3) is 0 Å². The van der Waals surface area contributed by atoms with E-state index in [0.29, 0.717) is 16.4 Å². The van der Waals surface area contributed by atoms with Gasteiger partial charge in [-0.1, -0.05) is 16.8 Å². The van der Waals surface area contributed by atoms with E-state index in [1.54, 1.807) is 23.7 Å². The number of carbonyl (C=O) groups is 1. The summed E-state index contributed by atoms with van der Waals surface area (Å²) in [6, 6.07) is 5.35. The van der Waals surface area contributed by atoms with Gasteiger partial charge in [0.05, 0.1) is 11.4 Å². The highest BCUT2D eigenvalue weighted by atomic mass is 79.9. The fourth-order valence-electron chi connectivity index (χ4n) is 1.54. The van der Waals surface area contributed by atoms with Crippen LogP contribution in [0.3, 0.4) is 0 Å². The van der Waals surface area contributed by atoms with Crippen molar-refractivity contribution in [1.82, 2.24) is 15.0 Å². The highest BCUT2D eigenvalue weighted by Crippen LogP contribution is 2.25. The normalized spacial score (nSPS) is 10.6. The van der Waals surface area contributed by atoms with Crippen LogP contribution in [0.25, 0.3) is 5.69 Å². The zero-order valence-corrected chi connectivity index (χ0v) is 11.6. The SMILES string of the molecule is CC(=O)c1nnn(-c2ccc(Cl)cc2Br)c1C. The molecule has 0 N–H and O–H groups in total. The molecule has 2 rings (SSSR count). The van der Waals surface area contributed by atoms with Crippen molar-refractivity contribution >= 4 is 33.3 Å². The van der Waals surface area contributed by atoms with Crippen LogP contribution in [-0.4, -0.2) is 20.8 Å². The lowest BCUT2D eigenvalue weighted by atomic mass is 10.2. The maximum absolute atomic E-state index is 11.3. The van der Waals surface area contributed by atoms with E-state index < -0.39 is 0 Å². The standard InChI is InChI=1S/C11H9BrClN3O/c1-6-11(7(2)17)14-15-16(6)10-4-3-8(13)5-9(10)12/h3-5H,1-2H3. The largest absolute Gasteiger partial charge is 0.293 e. The van der Waals surface area contributed by atoms with Crippen LogP contribution in [0.1, 0.15) is 23.1 Å². The van der Waals surface area contributed by atoms with E-state index in [-0.39, 0.29) is 5.78 Å². The van der Waals surface area contributed by atoms with Crippen LogP contribution in [0.2, 0.25) is 5.02 Å². The molecule has 0 bridgehead atoms. The van der Waals surface area contributed by atoms with Gasteiger partial charge in [-0.05, 0) is 41.1 Å². The van der Waals surface area contributed by atoms with Crippen LogP contribution < -0.4 is 0 Å². The zero-order valence-electron chi connectivity index (χ0n) is 9.24. The first-order chi connectivity index (χ1) is 8.00. The van der Waals surface area contributed by atoms with Crippen molar-refractivity contribution in [2.24, 2.45) is 0 Å². The second-order valence-corrected chi connectivity index (χ2v) is 4.88. The number of hydrogen-bond donors (Lipinski definition) is 0. The molecule has 0 atom stereocenters. The van der Waals surface area contributed by atoms with Gasteiger partial charge in [0.2, 0.25) is 0 Å². The molecule has 4 nitrogen and oxygen atoms in total. The summed E-state index contributed by atoms with van der Waals surface area (Å²) >= 11 is 9.28. The highest BCUT2D eigenvalue weighted by Gasteiger charge is 2.15. The molecular weight excluding hydrogens is 305 g/mol. The van der Waals surface area contributed by atoms with Crippen LogP contribution in [0.5, 0.6) is 0 Å². The molecule has 1 aromatic carbocycles. The average Bonchev–Trinajstić information content (AvgIpc) is 2.60. The second kappa shape index (κ2) is 4.58. The Kier molecular flexibility index (Phi) is 3.31. The second-order valence-electron chi connectivity index (χ2n) is 3.59. The fourth-order valence-corrected chi connectivity index (χ4v) is 2.39. The van der Waals surface area contributed by atoms with Gasteiger partial charge >= 0.3 is 0 Å². The summed E-state index contributed by atoms with van der Waals surface area (Å²) in [7, 11) is 0. The van der Waals surface area contributed by atoms with Crippen molar-refractivity contribution in [2.75, 3.05) is 0 Å². The molecule has 0 amide bonds. The first-order valence-electron chi connectivity index (χ1n) is 4.89. The number of hydrogen-bond acceptors (Lipinski definition) is 3. The Hall–Kier alpha value is -1.20. The predicted molar refractivity (Wildman–Crippen MR) is 68.8 cm³/mol. The quantitative estimate of drug-likeness (QED) is 0.800. The Balaban J connectivity index is 2.57. The maximum atomic E-state index is 11.3. The molecule has 0 aliphatic carbocycles. The Bertz CT molecular complexity index is 594. The molecule has 0 aliphatic heterocycles. The lowest BCUT2D eigenvalue weighted by Gasteiger charge is -2.06. The third-order valence-electron chi connectivity index (χ3n) is 2.37. The first-order valence-corrected chi connectivity index (χ1v) is 6.06. The fraction of sp³-hybridized carbons (Fsp3) is 0.182. The molecule has 2 aromatic rings. The summed E-state index contributed by atoms with van der Waals surface area (Å²) in [4.78, 5) is 11.3. The molecular formula is C11H9BrClN3O. The van der Waals surface area contributed by atoms with Crippen LogP contribution >= 0.6 is 27.5 Å². The molecule has 0 fully saturated rings. The van der Waals surface area contributed by atoms with E-state index in [0.717, 1.165) is 10.2 Å². The van der Waals surface area contributed by atoms with Gasteiger partial charge in [-0.3, -0.25) is 4.79 Å². The topological polar surface area (TPSA) is 47.8 Å². The van der Waals surface area contributed by atoms with Crippen molar-refractivity contribution < 1.29 is 4.79 Å². The summed E-state index contributed by atoms with van der Waals surface area (Å²) < 4.78 is 2.41. The van der Waals surface area contributed by atoms with E-state index in [2.05, 4.69) is 26.2 Å². The maximum Gasteiger partial charge on any atom is 0.181 e. The molecule has 0 unspecified atom stereocenters. The first kappa shape index (κ1) is 12.3. The van der Waals surface area contributed by atoms with E-state index in [1.165, 1.54) is 6.92 Å². The molecule has 88 valence electrons. The van der Waals surface area contributed by atoms with Gasteiger partial charge in [-0.15, -0.1) is 5.10 Å². The third kappa shape index (κ3) is 2.25. The minimum atomic E-state index is -0.0983. The van der Waals surface area contributed by atoms with Crippen LogP contribution in [0, 0.1) is 6.92 Å². The Labute approximate surface area is 112 Å². The van der Waals surface area contributed by atoms with E-state index in [9.17, 15) is 4.79 Å². The molecule has 0 saturated carbocycles. The van der Waals surface area contributed by atoms with Crippen molar-refractivity contribution in [2.45, 2.75) is 13.8 Å². The number of rotatable bonds is 2. The Morgan fingerprint density at radius 2 is 2.18 bits per heavy atom. The average molecular weight is 315 g/mol. The lowest BCUT2D eigenvalue weighted by molar-refractivity contribution is 0.101. The highest BCUT2D eigenvalue weighted by molar-refractivity contribution is 9.10. The molecule has 1 aromatic heterocycles. The number of halogens is 2. The monoisotopic (exact) mass is 313 g/mol. The van der Waals surface area contributed by atoms with Gasteiger partial charge in [0, 0.05) is 16.4 Å². The molecule has 0 aliphatic rings. The van der Waals surface area contributed by atoms with Gasteiger partial charge in [0.15, 0.2) is 11.5 Å². The molecule has 1 heterocycles. The molecule has 17 heavy (non-hydrogen) atoms. The van der Waals surface area contributed by atoms with Crippen molar-refractivity contribution in [1.29, 1.82) is 0 Å². The molecule has 0 radical (unpaired) electrons. The van der Waals surface area contributed by atoms with E-state index in [1.807, 2.05) is 6.07 Å². The van der Waals surface area contributed by atoms with Gasteiger partial charge < -0.3 is 0 Å². The summed E-state index contributed by atoms with van der Waals surface area (Å²) in [5, 5.41) is 8.47. The predicted octanol–water partition coefficient (Wildman–Crippen LogP) is 3.19. The molecule has 0 saturated heterocycles. The van der Waals surface area contributed by atoms with Crippen LogP contribution in [0.15, 0.2) is 22.7 Å². The number of ketones is 1. The van der Waals surface area contributed by atoms with Gasteiger partial charge in [0.1, 0.15) is 0 Å². The number of aromatic nitrogens is 3. The van der Waals surface area contributed by atoms with Gasteiger partial charge in [-0.2, -0.15) is 0 Å². The summed E-state index contributed by atoms with van der Waals surface area (Å²) in [5.74, 6) is -0.0983. The molecule has 0 spiro atoms. The summed E-state index contributed by atoms with van der Waals surface area (Å²) in [6.07, 6.45) is 0. The molecule has 6 heteroatoms.